The first-order valence-corrected chi connectivity index (χ1v) is 6.08. The smallest absolute Gasteiger partial charge is 0.0831 e. The first-order chi connectivity index (χ1) is 7.90. The van der Waals surface area contributed by atoms with Crippen LogP contribution < -0.4 is 5.32 Å². The molecule has 0 amide bonds. The topological polar surface area (TPSA) is 24.5 Å². The largest absolute Gasteiger partial charge is 0.370 e. The van der Waals surface area contributed by atoms with Gasteiger partial charge in [-0.25, -0.2) is 0 Å². The zero-order chi connectivity index (χ0) is 10.8. The highest BCUT2D eigenvalue weighted by molar-refractivity contribution is 5.14. The lowest BCUT2D eigenvalue weighted by atomic mass is 10.0. The van der Waals surface area contributed by atoms with Crippen LogP contribution >= 0.6 is 0 Å². The summed E-state index contributed by atoms with van der Waals surface area (Å²) < 4.78 is 5.89. The van der Waals surface area contributed by atoms with Gasteiger partial charge in [0, 0.05) is 38.6 Å². The molecule has 0 saturated carbocycles. The molecule has 3 aliphatic rings. The van der Waals surface area contributed by atoms with Crippen molar-refractivity contribution in [2.45, 2.75) is 12.2 Å². The third kappa shape index (κ3) is 2.28. The summed E-state index contributed by atoms with van der Waals surface area (Å²) >= 11 is 0. The lowest BCUT2D eigenvalue weighted by Crippen LogP contribution is -2.58. The van der Waals surface area contributed by atoms with E-state index in [4.69, 9.17) is 4.74 Å². The second-order valence-corrected chi connectivity index (χ2v) is 4.81. The average Bonchev–Trinajstić information content (AvgIpc) is 2.30. The fourth-order valence-corrected chi connectivity index (χ4v) is 2.69. The summed E-state index contributed by atoms with van der Waals surface area (Å²) in [6.45, 7) is 5.23. The average molecular weight is 218 g/mol. The summed E-state index contributed by atoms with van der Waals surface area (Å²) in [5.41, 5.74) is 3.17. The molecule has 0 radical (unpaired) electrons. The molecule has 0 aromatic heterocycles. The van der Waals surface area contributed by atoms with Crippen molar-refractivity contribution >= 4 is 0 Å². The van der Waals surface area contributed by atoms with Crippen LogP contribution in [0.25, 0.3) is 0 Å². The summed E-state index contributed by atoms with van der Waals surface area (Å²) in [7, 11) is 0. The minimum absolute atomic E-state index is 0.389. The zero-order valence-corrected chi connectivity index (χ0v) is 9.43. The second kappa shape index (κ2) is 4.56. The van der Waals surface area contributed by atoms with Gasteiger partial charge in [0.15, 0.2) is 0 Å². The van der Waals surface area contributed by atoms with E-state index in [-0.39, 0.29) is 0 Å². The van der Waals surface area contributed by atoms with Crippen LogP contribution in [0.3, 0.4) is 0 Å². The Morgan fingerprint density at radius 1 is 1.31 bits per heavy atom. The number of nitrogens with one attached hydrogen (secondary N) is 1. The molecule has 2 bridgehead atoms. The summed E-state index contributed by atoms with van der Waals surface area (Å²) in [4.78, 5) is 2.53. The molecule has 2 fully saturated rings. The minimum Gasteiger partial charge on any atom is -0.370 e. The maximum absolute atomic E-state index is 5.89. The maximum atomic E-state index is 5.89. The van der Waals surface area contributed by atoms with Gasteiger partial charge in [0.25, 0.3) is 0 Å². The number of hydrogen-bond acceptors (Lipinski definition) is 3. The normalized spacial score (nSPS) is 37.9. The third-order valence-corrected chi connectivity index (χ3v) is 3.38. The molecule has 0 spiro atoms. The van der Waals surface area contributed by atoms with Crippen LogP contribution in [0.4, 0.5) is 0 Å². The van der Waals surface area contributed by atoms with E-state index in [9.17, 15) is 0 Å². The molecular weight excluding hydrogens is 200 g/mol. The fourth-order valence-electron chi connectivity index (χ4n) is 2.69. The highest BCUT2D eigenvalue weighted by atomic mass is 16.5. The Labute approximate surface area is 96.5 Å². The fraction of sp³-hybridized carbons (Fsp3) is 0.615. The highest BCUT2D eigenvalue weighted by Crippen LogP contribution is 2.17. The molecule has 1 aliphatic carbocycles. The number of morpholine rings is 2. The molecule has 1 N–H and O–H groups in total. The Balaban J connectivity index is 1.59. The van der Waals surface area contributed by atoms with Crippen LogP contribution in [0.5, 0.6) is 0 Å². The van der Waals surface area contributed by atoms with E-state index >= 15 is 0 Å². The first kappa shape index (κ1) is 10.3. The molecule has 2 heterocycles. The monoisotopic (exact) mass is 218 g/mol. The van der Waals surface area contributed by atoms with E-state index in [0.29, 0.717) is 18.1 Å². The van der Waals surface area contributed by atoms with Crippen molar-refractivity contribution in [2.75, 3.05) is 32.7 Å². The molecule has 3 heteroatoms. The van der Waals surface area contributed by atoms with E-state index in [0.717, 1.165) is 32.7 Å². The highest BCUT2D eigenvalue weighted by Gasteiger charge is 2.31. The Bertz CT molecular complexity index is 332. The van der Waals surface area contributed by atoms with Gasteiger partial charge in [-0.3, -0.25) is 4.90 Å². The van der Waals surface area contributed by atoms with E-state index < -0.39 is 0 Å². The van der Waals surface area contributed by atoms with Gasteiger partial charge in [0.1, 0.15) is 0 Å². The second-order valence-electron chi connectivity index (χ2n) is 4.81. The molecule has 3 rings (SSSR count). The number of nitrogens with zero attached hydrogens (tertiary/aromatic N) is 1. The Morgan fingerprint density at radius 2 is 2.12 bits per heavy atom. The van der Waals surface area contributed by atoms with Crippen LogP contribution in [0.1, 0.15) is 0 Å². The van der Waals surface area contributed by atoms with Gasteiger partial charge in [0.05, 0.1) is 12.2 Å². The van der Waals surface area contributed by atoms with Gasteiger partial charge >= 0.3 is 0 Å². The summed E-state index contributed by atoms with van der Waals surface area (Å²) in [6, 6.07) is 0. The Kier molecular flexibility index (Phi) is 2.94. The number of allylic oxidation sites excluding steroid dienone is 1. The predicted octanol–water partition coefficient (Wildman–Crippen LogP) is 0.556. The van der Waals surface area contributed by atoms with Crippen LogP contribution in [0.15, 0.2) is 30.0 Å². The third-order valence-electron chi connectivity index (χ3n) is 3.38. The van der Waals surface area contributed by atoms with Crippen molar-refractivity contribution in [1.29, 1.82) is 0 Å². The van der Waals surface area contributed by atoms with Gasteiger partial charge < -0.3 is 10.1 Å². The molecule has 86 valence electrons. The summed E-state index contributed by atoms with van der Waals surface area (Å²) in [5, 5.41) is 3.42. The van der Waals surface area contributed by atoms with Gasteiger partial charge in [-0.1, -0.05) is 12.2 Å². The molecular formula is C13H18N2O. The zero-order valence-electron chi connectivity index (χ0n) is 9.43. The van der Waals surface area contributed by atoms with Crippen molar-refractivity contribution in [3.05, 3.63) is 30.0 Å². The van der Waals surface area contributed by atoms with E-state index in [1.807, 2.05) is 6.08 Å². The first-order valence-electron chi connectivity index (χ1n) is 6.08. The van der Waals surface area contributed by atoms with Crippen molar-refractivity contribution in [3.63, 3.8) is 0 Å². The van der Waals surface area contributed by atoms with E-state index in [1.165, 1.54) is 0 Å². The standard InChI is InChI=1S/C13H18N2O/c1-2-4-11(5-3-1)8-15-9-12-6-14-7-13(10-15)16-12/h1-2,4-5,11-14H,6-10H2. The lowest BCUT2D eigenvalue weighted by Gasteiger charge is -2.42. The quantitative estimate of drug-likeness (QED) is 0.685. The number of hydrogen-bond donors (Lipinski definition) is 1. The van der Waals surface area contributed by atoms with Crippen LogP contribution in [0, 0.1) is 5.92 Å². The minimum atomic E-state index is 0.389. The van der Waals surface area contributed by atoms with Crippen molar-refractivity contribution in [1.82, 2.24) is 10.2 Å². The molecule has 2 saturated heterocycles. The van der Waals surface area contributed by atoms with E-state index in [2.05, 4.69) is 34.2 Å². The van der Waals surface area contributed by atoms with Crippen LogP contribution in [-0.4, -0.2) is 49.8 Å². The Morgan fingerprint density at radius 3 is 2.81 bits per heavy atom. The predicted molar refractivity (Wildman–Crippen MR) is 63.3 cm³/mol. The van der Waals surface area contributed by atoms with Crippen LogP contribution in [-0.2, 0) is 4.74 Å². The van der Waals surface area contributed by atoms with Crippen LogP contribution in [0.2, 0.25) is 0 Å². The van der Waals surface area contributed by atoms with Gasteiger partial charge in [-0.2, -0.15) is 0 Å². The number of fused-ring (bicyclic) bond motifs is 2. The van der Waals surface area contributed by atoms with Crippen molar-refractivity contribution < 1.29 is 4.74 Å². The van der Waals surface area contributed by atoms with Crippen molar-refractivity contribution in [2.24, 2.45) is 5.92 Å². The van der Waals surface area contributed by atoms with Gasteiger partial charge in [-0.15, -0.1) is 5.73 Å². The Hall–Kier alpha value is -0.860. The SMILES string of the molecule is C1=CC=CC(CN2CC3CNCC(C2)O3)C=1. The molecule has 3 nitrogen and oxygen atoms in total. The molecule has 16 heavy (non-hydrogen) atoms. The van der Waals surface area contributed by atoms with Crippen molar-refractivity contribution in [3.8, 4) is 0 Å². The molecule has 3 atom stereocenters. The maximum Gasteiger partial charge on any atom is 0.0831 e. The molecule has 3 unspecified atom stereocenters. The van der Waals surface area contributed by atoms with E-state index in [1.54, 1.807) is 0 Å². The van der Waals surface area contributed by atoms with Gasteiger partial charge in [-0.05, 0) is 12.2 Å². The molecule has 0 aromatic rings. The lowest BCUT2D eigenvalue weighted by molar-refractivity contribution is -0.103. The number of ether oxygens (including phenoxy) is 1. The molecule has 0 aromatic carbocycles. The summed E-state index contributed by atoms with van der Waals surface area (Å²) in [5.74, 6) is 0.525. The van der Waals surface area contributed by atoms with Gasteiger partial charge in [0.2, 0.25) is 0 Å². The summed E-state index contributed by atoms with van der Waals surface area (Å²) in [6.07, 6.45) is 9.24. The molecule has 2 aliphatic heterocycles. The number of rotatable bonds is 2.